The van der Waals surface area contributed by atoms with Crippen molar-refractivity contribution in [3.8, 4) is 5.75 Å². The Balaban J connectivity index is 0.000000593. The largest absolute Gasteiger partial charge is 0.427 e. The number of rotatable bonds is 4. The lowest BCUT2D eigenvalue weighted by molar-refractivity contribution is -0.134. The maximum atomic E-state index is 12.2. The molecule has 0 heterocycles. The Bertz CT molecular complexity index is 680. The monoisotopic (exact) mass is 313 g/mol. The van der Waals surface area contributed by atoms with Crippen LogP contribution in [0.5, 0.6) is 5.75 Å². The Morgan fingerprint density at radius 3 is 2.13 bits per heavy atom. The molecule has 0 fully saturated rings. The fourth-order valence-electron chi connectivity index (χ4n) is 1.66. The van der Waals surface area contributed by atoms with Crippen molar-refractivity contribution < 1.29 is 14.3 Å². The van der Waals surface area contributed by atoms with Crippen molar-refractivity contribution in [2.24, 2.45) is 11.5 Å². The summed E-state index contributed by atoms with van der Waals surface area (Å²) in [5.41, 5.74) is 10.1. The molecule has 2 aromatic carbocycles. The molecule has 0 bridgehead atoms. The summed E-state index contributed by atoms with van der Waals surface area (Å²) in [6, 6.07) is 15.7. The third-order valence-corrected chi connectivity index (χ3v) is 2.65. The van der Waals surface area contributed by atoms with Gasteiger partial charge in [0.05, 0.1) is 0 Å². The predicted octanol–water partition coefficient (Wildman–Crippen LogP) is 2.07. The number of hydrogen-bond donors (Lipinski definition) is 3. The number of nitrogens with one attached hydrogen (secondary N) is 1. The second-order valence-corrected chi connectivity index (χ2v) is 4.51. The minimum atomic E-state index is -0.333. The maximum absolute atomic E-state index is 12.2. The molecule has 0 saturated heterocycles. The molecular formula is C17H19N3O3. The second kappa shape index (κ2) is 8.99. The lowest BCUT2D eigenvalue weighted by Gasteiger charge is -2.05. The summed E-state index contributed by atoms with van der Waals surface area (Å²) in [5.74, 6) is -0.340. The van der Waals surface area contributed by atoms with Crippen molar-refractivity contribution in [1.29, 1.82) is 5.41 Å². The summed E-state index contributed by atoms with van der Waals surface area (Å²) in [6.45, 7) is 1.72. The average Bonchev–Trinajstić information content (AvgIpc) is 2.54. The molecule has 0 aromatic heterocycles. The number of carbonyl (C=O) groups excluding carboxylic acids is 2. The molecular weight excluding hydrogens is 294 g/mol. The number of nitrogens with two attached hydrogens (primary N) is 2. The number of esters is 1. The Labute approximate surface area is 134 Å². The first kappa shape index (κ1) is 17.9. The highest BCUT2D eigenvalue weighted by atomic mass is 16.5. The van der Waals surface area contributed by atoms with Gasteiger partial charge in [-0.2, -0.15) is 0 Å². The van der Waals surface area contributed by atoms with E-state index in [2.05, 4.69) is 11.5 Å². The molecule has 6 nitrogen and oxygen atoms in total. The number of carbonyl (C=O) groups is 2. The van der Waals surface area contributed by atoms with Crippen molar-refractivity contribution in [2.75, 3.05) is 0 Å². The van der Waals surface area contributed by atoms with E-state index in [4.69, 9.17) is 10.1 Å². The molecule has 5 N–H and O–H groups in total. The summed E-state index contributed by atoms with van der Waals surface area (Å²) in [7, 11) is 0. The minimum Gasteiger partial charge on any atom is -0.427 e. The minimum absolute atomic E-state index is 0.0880. The summed E-state index contributed by atoms with van der Waals surface area (Å²) < 4.78 is 5.10. The zero-order chi connectivity index (χ0) is 17.2. The van der Waals surface area contributed by atoms with Crippen LogP contribution in [0.1, 0.15) is 29.3 Å². The molecule has 0 spiro atoms. The Kier molecular flexibility index (Phi) is 7.00. The molecule has 2 rings (SSSR count). The average molecular weight is 313 g/mol. The smallest absolute Gasteiger partial charge is 0.310 e. The van der Waals surface area contributed by atoms with E-state index < -0.39 is 0 Å². The maximum Gasteiger partial charge on any atom is 0.310 e. The Hall–Kier alpha value is -3.15. The second-order valence-electron chi connectivity index (χ2n) is 4.51. The van der Waals surface area contributed by atoms with E-state index in [0.717, 1.165) is 0 Å². The third-order valence-electron chi connectivity index (χ3n) is 2.65. The summed E-state index contributed by atoms with van der Waals surface area (Å²) in [5, 5.41) is 6.06. The molecule has 0 radical (unpaired) electrons. The van der Waals surface area contributed by atoms with Crippen LogP contribution < -0.4 is 16.2 Å². The quantitative estimate of drug-likeness (QED) is 0.262. The van der Waals surface area contributed by atoms with E-state index in [1.807, 2.05) is 18.2 Å². The summed E-state index contributed by atoms with van der Waals surface area (Å²) in [6.07, 6.45) is 0.302. The molecule has 0 aliphatic rings. The summed E-state index contributed by atoms with van der Waals surface area (Å²) in [4.78, 5) is 23.4. The van der Waals surface area contributed by atoms with Crippen LogP contribution in [0.2, 0.25) is 0 Å². The lowest BCUT2D eigenvalue weighted by Crippen LogP contribution is -2.20. The number of benzene rings is 2. The van der Waals surface area contributed by atoms with Gasteiger partial charge in [0, 0.05) is 17.5 Å². The van der Waals surface area contributed by atoms with Gasteiger partial charge in [-0.05, 0) is 12.1 Å². The van der Waals surface area contributed by atoms with E-state index in [0.29, 0.717) is 23.3 Å². The van der Waals surface area contributed by atoms with Crippen LogP contribution in [-0.4, -0.2) is 17.7 Å². The Morgan fingerprint density at radius 1 is 1.00 bits per heavy atom. The van der Waals surface area contributed by atoms with Crippen molar-refractivity contribution in [3.63, 3.8) is 0 Å². The van der Waals surface area contributed by atoms with E-state index >= 15 is 0 Å². The predicted molar refractivity (Wildman–Crippen MR) is 88.3 cm³/mol. The van der Waals surface area contributed by atoms with Gasteiger partial charge in [-0.3, -0.25) is 15.0 Å². The van der Waals surface area contributed by atoms with Gasteiger partial charge in [-0.1, -0.05) is 49.4 Å². The van der Waals surface area contributed by atoms with Gasteiger partial charge in [0.15, 0.2) is 11.7 Å². The van der Waals surface area contributed by atoms with E-state index in [1.165, 1.54) is 0 Å². The van der Waals surface area contributed by atoms with Gasteiger partial charge in [-0.15, -0.1) is 0 Å². The first-order valence-electron chi connectivity index (χ1n) is 6.94. The van der Waals surface area contributed by atoms with Gasteiger partial charge < -0.3 is 16.2 Å². The Morgan fingerprint density at radius 2 is 1.57 bits per heavy atom. The van der Waals surface area contributed by atoms with Crippen LogP contribution >= 0.6 is 0 Å². The zero-order valence-electron chi connectivity index (χ0n) is 12.8. The van der Waals surface area contributed by atoms with Gasteiger partial charge >= 0.3 is 5.97 Å². The molecule has 6 heteroatoms. The molecule has 0 aliphatic carbocycles. The number of guanidine groups is 1. The lowest BCUT2D eigenvalue weighted by atomic mass is 10.0. The number of hydrogen-bond acceptors (Lipinski definition) is 4. The molecule has 0 saturated carbocycles. The van der Waals surface area contributed by atoms with Gasteiger partial charge in [0.2, 0.25) is 0 Å². The normalized spacial score (nSPS) is 9.26. The van der Waals surface area contributed by atoms with Crippen molar-refractivity contribution >= 4 is 17.7 Å². The molecule has 2 aromatic rings. The van der Waals surface area contributed by atoms with Crippen LogP contribution in [0.3, 0.4) is 0 Å². The first-order chi connectivity index (χ1) is 10.9. The molecule has 0 amide bonds. The van der Waals surface area contributed by atoms with Gasteiger partial charge in [0.1, 0.15) is 5.75 Å². The van der Waals surface area contributed by atoms with Gasteiger partial charge in [-0.25, -0.2) is 0 Å². The third kappa shape index (κ3) is 6.43. The molecule has 23 heavy (non-hydrogen) atoms. The zero-order valence-corrected chi connectivity index (χ0v) is 12.8. The highest BCUT2D eigenvalue weighted by Crippen LogP contribution is 2.17. The summed E-state index contributed by atoms with van der Waals surface area (Å²) >= 11 is 0. The van der Waals surface area contributed by atoms with Gasteiger partial charge in [0.25, 0.3) is 0 Å². The number of ether oxygens (including phenoxy) is 1. The van der Waals surface area contributed by atoms with E-state index in [9.17, 15) is 9.59 Å². The van der Waals surface area contributed by atoms with Crippen molar-refractivity contribution in [1.82, 2.24) is 0 Å². The van der Waals surface area contributed by atoms with Crippen LogP contribution in [0.4, 0.5) is 0 Å². The topological polar surface area (TPSA) is 119 Å². The van der Waals surface area contributed by atoms with Crippen LogP contribution in [0.25, 0.3) is 0 Å². The van der Waals surface area contributed by atoms with Crippen LogP contribution in [0.15, 0.2) is 54.6 Å². The van der Waals surface area contributed by atoms with Crippen molar-refractivity contribution in [2.45, 2.75) is 13.3 Å². The molecule has 0 aliphatic heterocycles. The van der Waals surface area contributed by atoms with E-state index in [1.54, 1.807) is 43.3 Å². The SMILES string of the molecule is CCC(=O)Oc1cccc(C(=O)c2ccccc2)c1.N=C(N)N. The molecule has 0 unspecified atom stereocenters. The molecule has 120 valence electrons. The van der Waals surface area contributed by atoms with Crippen LogP contribution in [0, 0.1) is 5.41 Å². The van der Waals surface area contributed by atoms with Crippen LogP contribution in [-0.2, 0) is 4.79 Å². The standard InChI is InChI=1S/C16H14O3.CH5N3/c1-2-15(17)19-14-10-6-9-13(11-14)16(18)12-7-4-3-5-8-12;2-1(3)4/h3-11H,2H2,1H3;(H5,2,3,4). The van der Waals surface area contributed by atoms with Crippen molar-refractivity contribution in [3.05, 3.63) is 65.7 Å². The first-order valence-corrected chi connectivity index (χ1v) is 6.94. The highest BCUT2D eigenvalue weighted by molar-refractivity contribution is 6.09. The number of ketones is 1. The molecule has 0 atom stereocenters. The fourth-order valence-corrected chi connectivity index (χ4v) is 1.66. The fraction of sp³-hybridized carbons (Fsp3) is 0.118. The van der Waals surface area contributed by atoms with E-state index in [-0.39, 0.29) is 17.7 Å². The highest BCUT2D eigenvalue weighted by Gasteiger charge is 2.10.